The smallest absolute Gasteiger partial charge is 0.325 e. The predicted octanol–water partition coefficient (Wildman–Crippen LogP) is 1.81. The highest BCUT2D eigenvalue weighted by Gasteiger charge is 2.22. The molecule has 0 radical (unpaired) electrons. The number of nitrogens with zero attached hydrogens (tertiary/aromatic N) is 1. The first-order chi connectivity index (χ1) is 8.60. The normalized spacial score (nSPS) is 11.7. The second-order valence-corrected chi connectivity index (χ2v) is 4.06. The Labute approximate surface area is 108 Å². The Hall–Kier alpha value is -1.84. The third kappa shape index (κ3) is 3.58. The van der Waals surface area contributed by atoms with Gasteiger partial charge in [-0.3, -0.25) is 9.59 Å². The SMILES string of the molecule is CCN(CC(=O)OC)C(=O)C(C)c1ccccc1. The number of carbonyl (C=O) groups excluding carboxylic acids is 2. The van der Waals surface area contributed by atoms with Crippen molar-refractivity contribution in [3.63, 3.8) is 0 Å². The molecule has 0 aliphatic rings. The summed E-state index contributed by atoms with van der Waals surface area (Å²) in [6.07, 6.45) is 0. The highest BCUT2D eigenvalue weighted by atomic mass is 16.5. The molecule has 1 atom stereocenters. The van der Waals surface area contributed by atoms with E-state index in [9.17, 15) is 9.59 Å². The van der Waals surface area contributed by atoms with Gasteiger partial charge in [-0.15, -0.1) is 0 Å². The summed E-state index contributed by atoms with van der Waals surface area (Å²) in [5.41, 5.74) is 0.950. The highest BCUT2D eigenvalue weighted by Crippen LogP contribution is 2.17. The minimum Gasteiger partial charge on any atom is -0.468 e. The molecule has 4 nitrogen and oxygen atoms in total. The van der Waals surface area contributed by atoms with Crippen molar-refractivity contribution < 1.29 is 14.3 Å². The van der Waals surface area contributed by atoms with Crippen LogP contribution in [0.3, 0.4) is 0 Å². The molecule has 98 valence electrons. The summed E-state index contributed by atoms with van der Waals surface area (Å²) in [7, 11) is 1.32. The van der Waals surface area contributed by atoms with E-state index in [1.165, 1.54) is 12.0 Å². The lowest BCUT2D eigenvalue weighted by molar-refractivity contribution is -0.147. The maximum atomic E-state index is 12.2. The van der Waals surface area contributed by atoms with Gasteiger partial charge in [-0.1, -0.05) is 30.3 Å². The van der Waals surface area contributed by atoms with Crippen LogP contribution in [0.15, 0.2) is 30.3 Å². The highest BCUT2D eigenvalue weighted by molar-refractivity contribution is 5.86. The molecule has 1 unspecified atom stereocenters. The molecule has 18 heavy (non-hydrogen) atoms. The number of carbonyl (C=O) groups is 2. The molecule has 0 aliphatic carbocycles. The lowest BCUT2D eigenvalue weighted by atomic mass is 10.00. The summed E-state index contributed by atoms with van der Waals surface area (Å²) in [5, 5.41) is 0. The zero-order valence-corrected chi connectivity index (χ0v) is 11.1. The van der Waals surface area contributed by atoms with Crippen molar-refractivity contribution in [2.45, 2.75) is 19.8 Å². The average molecular weight is 249 g/mol. The number of likely N-dealkylation sites (N-methyl/N-ethyl adjacent to an activating group) is 1. The summed E-state index contributed by atoms with van der Waals surface area (Å²) in [5.74, 6) is -0.713. The average Bonchev–Trinajstić information content (AvgIpc) is 2.43. The van der Waals surface area contributed by atoms with Crippen LogP contribution in [0.1, 0.15) is 25.3 Å². The van der Waals surface area contributed by atoms with Crippen LogP contribution in [0.5, 0.6) is 0 Å². The molecule has 1 aromatic carbocycles. The van der Waals surface area contributed by atoms with Gasteiger partial charge < -0.3 is 9.64 Å². The van der Waals surface area contributed by atoms with Crippen molar-refractivity contribution in [1.29, 1.82) is 0 Å². The Morgan fingerprint density at radius 2 is 1.89 bits per heavy atom. The molecule has 0 saturated carbocycles. The van der Waals surface area contributed by atoms with E-state index >= 15 is 0 Å². The second kappa shape index (κ2) is 6.79. The molecule has 0 N–H and O–H groups in total. The van der Waals surface area contributed by atoms with Crippen molar-refractivity contribution in [3.8, 4) is 0 Å². The Morgan fingerprint density at radius 1 is 1.28 bits per heavy atom. The van der Waals surface area contributed by atoms with Crippen LogP contribution in [0.25, 0.3) is 0 Å². The van der Waals surface area contributed by atoms with Crippen molar-refractivity contribution in [2.75, 3.05) is 20.2 Å². The topological polar surface area (TPSA) is 46.6 Å². The molecule has 0 fully saturated rings. The lowest BCUT2D eigenvalue weighted by Gasteiger charge is -2.23. The van der Waals surface area contributed by atoms with Gasteiger partial charge in [-0.05, 0) is 19.4 Å². The zero-order chi connectivity index (χ0) is 13.5. The van der Waals surface area contributed by atoms with Crippen molar-refractivity contribution in [2.24, 2.45) is 0 Å². The van der Waals surface area contributed by atoms with E-state index in [4.69, 9.17) is 0 Å². The number of amides is 1. The fourth-order valence-electron chi connectivity index (χ4n) is 1.72. The first-order valence-corrected chi connectivity index (χ1v) is 6.00. The van der Waals surface area contributed by atoms with Crippen molar-refractivity contribution in [3.05, 3.63) is 35.9 Å². The van der Waals surface area contributed by atoms with E-state index in [0.717, 1.165) is 5.56 Å². The molecule has 0 heterocycles. The van der Waals surface area contributed by atoms with E-state index in [0.29, 0.717) is 6.54 Å². The number of esters is 1. The molecule has 1 rings (SSSR count). The Morgan fingerprint density at radius 3 is 2.39 bits per heavy atom. The summed E-state index contributed by atoms with van der Waals surface area (Å²) >= 11 is 0. The predicted molar refractivity (Wildman–Crippen MR) is 69.1 cm³/mol. The Balaban J connectivity index is 2.75. The fraction of sp³-hybridized carbons (Fsp3) is 0.429. The lowest BCUT2D eigenvalue weighted by Crippen LogP contribution is -2.38. The van der Waals surface area contributed by atoms with Gasteiger partial charge in [0.25, 0.3) is 0 Å². The number of ether oxygens (including phenoxy) is 1. The Kier molecular flexibility index (Phi) is 5.36. The summed E-state index contributed by atoms with van der Waals surface area (Å²) in [6.45, 7) is 4.18. The van der Waals surface area contributed by atoms with Crippen LogP contribution in [-0.4, -0.2) is 37.0 Å². The maximum Gasteiger partial charge on any atom is 0.325 e. The van der Waals surface area contributed by atoms with Gasteiger partial charge in [0.05, 0.1) is 13.0 Å². The number of methoxy groups -OCH3 is 1. The molecular weight excluding hydrogens is 230 g/mol. The van der Waals surface area contributed by atoms with Gasteiger partial charge in [-0.2, -0.15) is 0 Å². The maximum absolute atomic E-state index is 12.2. The minimum atomic E-state index is -0.398. The van der Waals surface area contributed by atoms with Gasteiger partial charge in [0.1, 0.15) is 6.54 Å². The van der Waals surface area contributed by atoms with Gasteiger partial charge in [0, 0.05) is 6.54 Å². The second-order valence-electron chi connectivity index (χ2n) is 4.06. The quantitative estimate of drug-likeness (QED) is 0.748. The fourth-order valence-corrected chi connectivity index (χ4v) is 1.72. The van der Waals surface area contributed by atoms with E-state index in [1.807, 2.05) is 44.2 Å². The summed E-state index contributed by atoms with van der Waals surface area (Å²) in [6, 6.07) is 9.53. The number of hydrogen-bond acceptors (Lipinski definition) is 3. The Bertz CT molecular complexity index is 403. The van der Waals surface area contributed by atoms with Crippen LogP contribution in [0.2, 0.25) is 0 Å². The van der Waals surface area contributed by atoms with Crippen molar-refractivity contribution in [1.82, 2.24) is 4.90 Å². The molecule has 1 aromatic rings. The first-order valence-electron chi connectivity index (χ1n) is 6.00. The van der Waals surface area contributed by atoms with Gasteiger partial charge in [0.15, 0.2) is 0 Å². The molecule has 0 aliphatic heterocycles. The zero-order valence-electron chi connectivity index (χ0n) is 11.1. The summed E-state index contributed by atoms with van der Waals surface area (Å²) in [4.78, 5) is 25.0. The number of hydrogen-bond donors (Lipinski definition) is 0. The van der Waals surface area contributed by atoms with Crippen LogP contribution in [-0.2, 0) is 14.3 Å². The molecule has 0 bridgehead atoms. The van der Waals surface area contributed by atoms with Crippen LogP contribution in [0, 0.1) is 0 Å². The molecule has 0 spiro atoms. The van der Waals surface area contributed by atoms with Gasteiger partial charge in [-0.25, -0.2) is 0 Å². The number of benzene rings is 1. The third-order valence-electron chi connectivity index (χ3n) is 2.91. The van der Waals surface area contributed by atoms with Crippen LogP contribution in [0.4, 0.5) is 0 Å². The van der Waals surface area contributed by atoms with E-state index < -0.39 is 5.97 Å². The van der Waals surface area contributed by atoms with Gasteiger partial charge in [0.2, 0.25) is 5.91 Å². The van der Waals surface area contributed by atoms with E-state index in [2.05, 4.69) is 4.74 Å². The molecule has 0 saturated heterocycles. The molecule has 4 heteroatoms. The van der Waals surface area contributed by atoms with Crippen molar-refractivity contribution >= 4 is 11.9 Å². The van der Waals surface area contributed by atoms with E-state index in [1.54, 1.807) is 0 Å². The summed E-state index contributed by atoms with van der Waals surface area (Å²) < 4.78 is 4.59. The molecule has 0 aromatic heterocycles. The van der Waals surface area contributed by atoms with Crippen LogP contribution >= 0.6 is 0 Å². The third-order valence-corrected chi connectivity index (χ3v) is 2.91. The first kappa shape index (κ1) is 14.2. The minimum absolute atomic E-state index is 0.00298. The monoisotopic (exact) mass is 249 g/mol. The van der Waals surface area contributed by atoms with Gasteiger partial charge >= 0.3 is 5.97 Å². The van der Waals surface area contributed by atoms with E-state index in [-0.39, 0.29) is 18.4 Å². The molecule has 1 amide bonds. The van der Waals surface area contributed by atoms with Crippen LogP contribution < -0.4 is 0 Å². The largest absolute Gasteiger partial charge is 0.468 e. The standard InChI is InChI=1S/C14H19NO3/c1-4-15(10-13(16)18-3)14(17)11(2)12-8-6-5-7-9-12/h5-9,11H,4,10H2,1-3H3. The number of rotatable bonds is 5. The molecular formula is C14H19NO3.